The van der Waals surface area contributed by atoms with Crippen LogP contribution in [0.25, 0.3) is 0 Å². The molecule has 1 atom stereocenters. The summed E-state index contributed by atoms with van der Waals surface area (Å²) in [6.07, 6.45) is 0.986. The third kappa shape index (κ3) is 3.10. The molecule has 20 heavy (non-hydrogen) atoms. The molecule has 1 aliphatic rings. The summed E-state index contributed by atoms with van der Waals surface area (Å²) in [6, 6.07) is 3.58. The van der Waals surface area contributed by atoms with Gasteiger partial charge >= 0.3 is 0 Å². The third-order valence-corrected chi connectivity index (χ3v) is 3.66. The molecule has 1 heterocycles. The first-order chi connectivity index (χ1) is 9.51. The van der Waals surface area contributed by atoms with Gasteiger partial charge in [-0.1, -0.05) is 6.07 Å². The highest BCUT2D eigenvalue weighted by molar-refractivity contribution is 5.90. The van der Waals surface area contributed by atoms with Gasteiger partial charge in [0.1, 0.15) is 11.8 Å². The van der Waals surface area contributed by atoms with Crippen molar-refractivity contribution in [2.24, 2.45) is 0 Å². The maximum absolute atomic E-state index is 11.9. The Kier molecular flexibility index (Phi) is 4.27. The first-order valence-electron chi connectivity index (χ1n) is 6.72. The lowest BCUT2D eigenvalue weighted by Gasteiger charge is -2.14. The summed E-state index contributed by atoms with van der Waals surface area (Å²) in [7, 11) is 1.62. The van der Waals surface area contributed by atoms with E-state index in [0.29, 0.717) is 19.4 Å². The van der Waals surface area contributed by atoms with E-state index >= 15 is 0 Å². The van der Waals surface area contributed by atoms with Crippen LogP contribution in [0, 0.1) is 13.8 Å². The van der Waals surface area contributed by atoms with E-state index in [-0.39, 0.29) is 11.8 Å². The van der Waals surface area contributed by atoms with Crippen molar-refractivity contribution in [3.63, 3.8) is 0 Å². The molecular formula is C15H20N2O3. The van der Waals surface area contributed by atoms with Gasteiger partial charge in [-0.25, -0.2) is 0 Å². The van der Waals surface area contributed by atoms with Crippen molar-refractivity contribution in [2.45, 2.75) is 39.3 Å². The standard InChI is InChI=1S/C15H20N2O3/c1-9-6-11(13(20-3)7-10(9)2)8-16-15(19)12-4-5-14(18)17-12/h6-7,12H,4-5,8H2,1-3H3,(H,16,19)(H,17,18). The molecule has 1 aromatic rings. The summed E-state index contributed by atoms with van der Waals surface area (Å²) in [4.78, 5) is 23.1. The van der Waals surface area contributed by atoms with Crippen LogP contribution in [0.15, 0.2) is 12.1 Å². The number of rotatable bonds is 4. The number of hydrogen-bond donors (Lipinski definition) is 2. The van der Waals surface area contributed by atoms with E-state index in [1.807, 2.05) is 26.0 Å². The van der Waals surface area contributed by atoms with E-state index in [2.05, 4.69) is 10.6 Å². The monoisotopic (exact) mass is 276 g/mol. The number of aryl methyl sites for hydroxylation is 2. The molecule has 0 spiro atoms. The molecule has 0 aromatic heterocycles. The molecule has 5 heteroatoms. The van der Waals surface area contributed by atoms with Crippen molar-refractivity contribution >= 4 is 11.8 Å². The van der Waals surface area contributed by atoms with Gasteiger partial charge < -0.3 is 15.4 Å². The van der Waals surface area contributed by atoms with E-state index in [1.165, 1.54) is 0 Å². The quantitative estimate of drug-likeness (QED) is 0.868. The highest BCUT2D eigenvalue weighted by atomic mass is 16.5. The van der Waals surface area contributed by atoms with Crippen molar-refractivity contribution in [1.29, 1.82) is 0 Å². The maximum Gasteiger partial charge on any atom is 0.242 e. The number of carbonyl (C=O) groups excluding carboxylic acids is 2. The number of amides is 2. The van der Waals surface area contributed by atoms with Crippen LogP contribution in [0.3, 0.4) is 0 Å². The van der Waals surface area contributed by atoms with Gasteiger partial charge in [0.05, 0.1) is 7.11 Å². The topological polar surface area (TPSA) is 67.4 Å². The van der Waals surface area contributed by atoms with Crippen molar-refractivity contribution in [1.82, 2.24) is 10.6 Å². The summed E-state index contributed by atoms with van der Waals surface area (Å²) in [5, 5.41) is 5.51. The highest BCUT2D eigenvalue weighted by Gasteiger charge is 2.26. The summed E-state index contributed by atoms with van der Waals surface area (Å²) < 4.78 is 5.33. The zero-order chi connectivity index (χ0) is 14.7. The Balaban J connectivity index is 2.01. The minimum atomic E-state index is -0.403. The molecular weight excluding hydrogens is 256 g/mol. The largest absolute Gasteiger partial charge is 0.496 e. The Morgan fingerprint density at radius 2 is 2.10 bits per heavy atom. The van der Waals surface area contributed by atoms with Gasteiger partial charge in [0.15, 0.2) is 0 Å². The van der Waals surface area contributed by atoms with E-state index in [0.717, 1.165) is 22.4 Å². The van der Waals surface area contributed by atoms with Crippen LogP contribution in [0.4, 0.5) is 0 Å². The smallest absolute Gasteiger partial charge is 0.242 e. The van der Waals surface area contributed by atoms with Crippen LogP contribution in [-0.2, 0) is 16.1 Å². The SMILES string of the molecule is COc1cc(C)c(C)cc1CNC(=O)C1CCC(=O)N1. The lowest BCUT2D eigenvalue weighted by molar-refractivity contribution is -0.125. The normalized spacial score (nSPS) is 17.8. The maximum atomic E-state index is 11.9. The van der Waals surface area contributed by atoms with Gasteiger partial charge in [0.2, 0.25) is 11.8 Å². The van der Waals surface area contributed by atoms with Gasteiger partial charge in [-0.2, -0.15) is 0 Å². The molecule has 2 rings (SSSR count). The summed E-state index contributed by atoms with van der Waals surface area (Å²) in [5.74, 6) is 0.564. The number of ether oxygens (including phenoxy) is 1. The molecule has 0 radical (unpaired) electrons. The Morgan fingerprint density at radius 3 is 2.70 bits per heavy atom. The van der Waals surface area contributed by atoms with E-state index in [1.54, 1.807) is 7.11 Å². The molecule has 0 saturated carbocycles. The van der Waals surface area contributed by atoms with Crippen molar-refractivity contribution in [2.75, 3.05) is 7.11 Å². The molecule has 1 aliphatic heterocycles. The predicted octanol–water partition coefficient (Wildman–Crippen LogP) is 1.21. The molecule has 5 nitrogen and oxygen atoms in total. The lowest BCUT2D eigenvalue weighted by atomic mass is 10.0. The number of carbonyl (C=O) groups is 2. The fourth-order valence-electron chi connectivity index (χ4n) is 2.29. The second kappa shape index (κ2) is 5.94. The first kappa shape index (κ1) is 14.4. The average Bonchev–Trinajstić information content (AvgIpc) is 2.86. The van der Waals surface area contributed by atoms with Crippen LogP contribution in [0.5, 0.6) is 5.75 Å². The minimum absolute atomic E-state index is 0.0612. The molecule has 108 valence electrons. The number of hydrogen-bond acceptors (Lipinski definition) is 3. The van der Waals surface area contributed by atoms with Crippen LogP contribution in [0.1, 0.15) is 29.5 Å². The minimum Gasteiger partial charge on any atom is -0.496 e. The summed E-state index contributed by atoms with van der Waals surface area (Å²) in [5.41, 5.74) is 3.25. The first-order valence-corrected chi connectivity index (χ1v) is 6.72. The fourth-order valence-corrected chi connectivity index (χ4v) is 2.29. The van der Waals surface area contributed by atoms with Gasteiger partial charge in [0, 0.05) is 18.5 Å². The lowest BCUT2D eigenvalue weighted by Crippen LogP contribution is -2.41. The van der Waals surface area contributed by atoms with Crippen molar-refractivity contribution < 1.29 is 14.3 Å². The molecule has 2 N–H and O–H groups in total. The zero-order valence-corrected chi connectivity index (χ0v) is 12.1. The van der Waals surface area contributed by atoms with Crippen LogP contribution in [0.2, 0.25) is 0 Å². The molecule has 1 unspecified atom stereocenters. The van der Waals surface area contributed by atoms with Gasteiger partial charge in [-0.15, -0.1) is 0 Å². The molecule has 2 amide bonds. The van der Waals surface area contributed by atoms with Crippen LogP contribution < -0.4 is 15.4 Å². The number of nitrogens with one attached hydrogen (secondary N) is 2. The number of methoxy groups -OCH3 is 1. The molecule has 0 bridgehead atoms. The van der Waals surface area contributed by atoms with E-state index in [9.17, 15) is 9.59 Å². The number of benzene rings is 1. The summed E-state index contributed by atoms with van der Waals surface area (Å²) in [6.45, 7) is 4.45. The second-order valence-corrected chi connectivity index (χ2v) is 5.12. The molecule has 1 fully saturated rings. The van der Waals surface area contributed by atoms with Gasteiger partial charge in [-0.05, 0) is 37.5 Å². The Hall–Kier alpha value is -2.04. The summed E-state index contributed by atoms with van der Waals surface area (Å²) >= 11 is 0. The van der Waals surface area contributed by atoms with Crippen LogP contribution >= 0.6 is 0 Å². The van der Waals surface area contributed by atoms with Crippen molar-refractivity contribution in [3.05, 3.63) is 28.8 Å². The highest BCUT2D eigenvalue weighted by Crippen LogP contribution is 2.23. The third-order valence-electron chi connectivity index (χ3n) is 3.66. The second-order valence-electron chi connectivity index (χ2n) is 5.12. The van der Waals surface area contributed by atoms with E-state index < -0.39 is 6.04 Å². The van der Waals surface area contributed by atoms with Gasteiger partial charge in [-0.3, -0.25) is 9.59 Å². The fraction of sp³-hybridized carbons (Fsp3) is 0.467. The van der Waals surface area contributed by atoms with Gasteiger partial charge in [0.25, 0.3) is 0 Å². The van der Waals surface area contributed by atoms with Crippen molar-refractivity contribution in [3.8, 4) is 5.75 Å². The average molecular weight is 276 g/mol. The van der Waals surface area contributed by atoms with E-state index in [4.69, 9.17) is 4.74 Å². The molecule has 0 aliphatic carbocycles. The molecule has 1 saturated heterocycles. The van der Waals surface area contributed by atoms with Crippen LogP contribution in [-0.4, -0.2) is 25.0 Å². The molecule has 1 aromatic carbocycles. The Morgan fingerprint density at radius 1 is 1.40 bits per heavy atom. The zero-order valence-electron chi connectivity index (χ0n) is 12.1. The Labute approximate surface area is 118 Å². The predicted molar refractivity (Wildman–Crippen MR) is 75.5 cm³/mol. The Bertz CT molecular complexity index is 540.